The Kier molecular flexibility index (Phi) is 5.03. The van der Waals surface area contributed by atoms with Crippen LogP contribution in [0.1, 0.15) is 25.7 Å². The summed E-state index contributed by atoms with van der Waals surface area (Å²) in [6.07, 6.45) is 3.26. The summed E-state index contributed by atoms with van der Waals surface area (Å²) in [4.78, 5) is 12.2. The van der Waals surface area contributed by atoms with E-state index in [4.69, 9.17) is 10.9 Å². The third-order valence-electron chi connectivity index (χ3n) is 3.67. The second-order valence-corrected chi connectivity index (χ2v) is 7.70. The zero-order valence-corrected chi connectivity index (χ0v) is 13.8. The third kappa shape index (κ3) is 4.26. The average molecular weight is 376 g/mol. The van der Waals surface area contributed by atoms with Gasteiger partial charge in [-0.1, -0.05) is 0 Å². The number of hydrogen-bond acceptors (Lipinski definition) is 4. The predicted octanol–water partition coefficient (Wildman–Crippen LogP) is 1.55. The van der Waals surface area contributed by atoms with Crippen molar-refractivity contribution in [2.45, 2.75) is 36.6 Å². The maximum absolute atomic E-state index is 12.2. The molecule has 1 aromatic carbocycles. The molecule has 8 heteroatoms. The van der Waals surface area contributed by atoms with Gasteiger partial charge in [0, 0.05) is 16.4 Å². The van der Waals surface area contributed by atoms with Crippen molar-refractivity contribution < 1.29 is 13.2 Å². The Morgan fingerprint density at radius 2 is 1.86 bits per heavy atom. The van der Waals surface area contributed by atoms with Gasteiger partial charge >= 0.3 is 0 Å². The smallest absolute Gasteiger partial charge is 0.238 e. The Bertz CT molecular complexity index is 640. The molecule has 5 N–H and O–H groups in total. The van der Waals surface area contributed by atoms with Crippen molar-refractivity contribution in [3.63, 3.8) is 0 Å². The van der Waals surface area contributed by atoms with Crippen LogP contribution >= 0.6 is 15.9 Å². The van der Waals surface area contributed by atoms with Gasteiger partial charge in [-0.3, -0.25) is 4.79 Å². The molecule has 1 aliphatic rings. The minimum absolute atomic E-state index is 0.00369. The fourth-order valence-corrected chi connectivity index (χ4v) is 3.56. The zero-order valence-electron chi connectivity index (χ0n) is 11.4. The highest BCUT2D eigenvalue weighted by molar-refractivity contribution is 9.10. The largest absolute Gasteiger partial charge is 0.328 e. The number of primary sulfonamides is 1. The number of nitrogens with one attached hydrogen (secondary N) is 1. The molecule has 1 fully saturated rings. The Morgan fingerprint density at radius 1 is 1.24 bits per heavy atom. The summed E-state index contributed by atoms with van der Waals surface area (Å²) in [6, 6.07) is 4.46. The van der Waals surface area contributed by atoms with E-state index in [9.17, 15) is 13.2 Å². The van der Waals surface area contributed by atoms with Crippen molar-refractivity contribution in [3.8, 4) is 0 Å². The number of benzene rings is 1. The van der Waals surface area contributed by atoms with Crippen LogP contribution < -0.4 is 16.2 Å². The standard InChI is InChI=1S/C13H18BrN3O3S/c14-11-7-10(21(16,19)20)5-6-12(11)17-13(18)8-1-3-9(15)4-2-8/h5-9H,1-4,15H2,(H,17,18)(H2,16,19,20). The number of nitrogens with two attached hydrogens (primary N) is 2. The summed E-state index contributed by atoms with van der Waals surface area (Å²) in [7, 11) is -3.75. The number of anilines is 1. The summed E-state index contributed by atoms with van der Waals surface area (Å²) in [5, 5.41) is 7.87. The lowest BCUT2D eigenvalue weighted by molar-refractivity contribution is -0.120. The Balaban J connectivity index is 2.08. The number of rotatable bonds is 3. The molecule has 1 saturated carbocycles. The van der Waals surface area contributed by atoms with Crippen LogP contribution in [0.15, 0.2) is 27.6 Å². The lowest BCUT2D eigenvalue weighted by Gasteiger charge is -2.25. The Hall–Kier alpha value is -0.960. The van der Waals surface area contributed by atoms with Gasteiger partial charge in [0.25, 0.3) is 0 Å². The summed E-state index contributed by atoms with van der Waals surface area (Å²) in [6.45, 7) is 0. The van der Waals surface area contributed by atoms with Gasteiger partial charge < -0.3 is 11.1 Å². The SMILES string of the molecule is NC1CCC(C(=O)Nc2ccc(S(N)(=O)=O)cc2Br)CC1. The van der Waals surface area contributed by atoms with Crippen molar-refractivity contribution in [1.29, 1.82) is 0 Å². The van der Waals surface area contributed by atoms with Gasteiger partial charge in [-0.25, -0.2) is 13.6 Å². The molecule has 0 radical (unpaired) electrons. The van der Waals surface area contributed by atoms with Gasteiger partial charge in [0.05, 0.1) is 10.6 Å². The van der Waals surface area contributed by atoms with Crippen molar-refractivity contribution in [1.82, 2.24) is 0 Å². The molecule has 2 rings (SSSR count). The number of amides is 1. The van der Waals surface area contributed by atoms with Crippen LogP contribution in [-0.2, 0) is 14.8 Å². The topological polar surface area (TPSA) is 115 Å². The average Bonchev–Trinajstić information content (AvgIpc) is 2.40. The second-order valence-electron chi connectivity index (χ2n) is 5.29. The number of sulfonamides is 1. The molecule has 1 aliphatic carbocycles. The molecular formula is C13H18BrN3O3S. The van der Waals surface area contributed by atoms with E-state index in [1.165, 1.54) is 18.2 Å². The summed E-state index contributed by atoms with van der Waals surface area (Å²) >= 11 is 3.25. The lowest BCUT2D eigenvalue weighted by atomic mass is 9.86. The van der Waals surface area contributed by atoms with E-state index < -0.39 is 10.0 Å². The molecule has 0 aliphatic heterocycles. The quantitative estimate of drug-likeness (QED) is 0.742. The minimum atomic E-state index is -3.75. The van der Waals surface area contributed by atoms with Gasteiger partial charge in [-0.2, -0.15) is 0 Å². The first kappa shape index (κ1) is 16.4. The Morgan fingerprint density at radius 3 is 2.38 bits per heavy atom. The maximum Gasteiger partial charge on any atom is 0.238 e. The monoisotopic (exact) mass is 375 g/mol. The van der Waals surface area contributed by atoms with Crippen LogP contribution in [0.5, 0.6) is 0 Å². The molecule has 21 heavy (non-hydrogen) atoms. The number of carbonyl (C=O) groups is 1. The first-order valence-electron chi connectivity index (χ1n) is 6.66. The van der Waals surface area contributed by atoms with E-state index in [1.54, 1.807) is 0 Å². The fourth-order valence-electron chi connectivity index (χ4n) is 2.39. The molecule has 0 heterocycles. The van der Waals surface area contributed by atoms with Crippen LogP contribution in [-0.4, -0.2) is 20.4 Å². The highest BCUT2D eigenvalue weighted by atomic mass is 79.9. The molecule has 116 valence electrons. The van der Waals surface area contributed by atoms with Gasteiger partial charge in [0.15, 0.2) is 0 Å². The van der Waals surface area contributed by atoms with Crippen molar-refractivity contribution in [2.24, 2.45) is 16.8 Å². The summed E-state index contributed by atoms with van der Waals surface area (Å²) < 4.78 is 23.0. The van der Waals surface area contributed by atoms with Gasteiger partial charge in [-0.05, 0) is 59.8 Å². The molecule has 0 aromatic heterocycles. The van der Waals surface area contributed by atoms with E-state index in [1.807, 2.05) is 0 Å². The predicted molar refractivity (Wildman–Crippen MR) is 84.1 cm³/mol. The van der Waals surface area contributed by atoms with E-state index in [0.717, 1.165) is 25.7 Å². The molecule has 0 spiro atoms. The molecular weight excluding hydrogens is 358 g/mol. The normalized spacial score (nSPS) is 22.8. The first-order chi connectivity index (χ1) is 9.77. The molecule has 0 bridgehead atoms. The van der Waals surface area contributed by atoms with Crippen LogP contribution in [0.25, 0.3) is 0 Å². The molecule has 1 aromatic rings. The molecule has 0 atom stereocenters. The second kappa shape index (κ2) is 6.43. The first-order valence-corrected chi connectivity index (χ1v) is 9.00. The number of hydrogen-bond donors (Lipinski definition) is 3. The zero-order chi connectivity index (χ0) is 15.6. The minimum Gasteiger partial charge on any atom is -0.328 e. The van der Waals surface area contributed by atoms with Crippen molar-refractivity contribution in [2.75, 3.05) is 5.32 Å². The molecule has 0 saturated heterocycles. The Labute approximate surface area is 132 Å². The molecule has 1 amide bonds. The van der Waals surface area contributed by atoms with Gasteiger partial charge in [0.1, 0.15) is 0 Å². The highest BCUT2D eigenvalue weighted by Crippen LogP contribution is 2.28. The summed E-state index contributed by atoms with van der Waals surface area (Å²) in [5.74, 6) is -0.111. The van der Waals surface area contributed by atoms with Crippen molar-refractivity contribution >= 4 is 37.5 Å². The van der Waals surface area contributed by atoms with Crippen LogP contribution in [0.4, 0.5) is 5.69 Å². The fraction of sp³-hybridized carbons (Fsp3) is 0.462. The summed E-state index contributed by atoms with van der Waals surface area (Å²) in [5.41, 5.74) is 6.35. The lowest BCUT2D eigenvalue weighted by Crippen LogP contribution is -2.32. The van der Waals surface area contributed by atoms with Crippen LogP contribution in [0.3, 0.4) is 0 Å². The van der Waals surface area contributed by atoms with E-state index in [0.29, 0.717) is 10.2 Å². The maximum atomic E-state index is 12.2. The third-order valence-corrected chi connectivity index (χ3v) is 5.24. The van der Waals surface area contributed by atoms with E-state index in [2.05, 4.69) is 21.2 Å². The number of halogens is 1. The highest BCUT2D eigenvalue weighted by Gasteiger charge is 2.25. The molecule has 0 unspecified atom stereocenters. The van der Waals surface area contributed by atoms with Gasteiger partial charge in [-0.15, -0.1) is 0 Å². The van der Waals surface area contributed by atoms with Crippen LogP contribution in [0, 0.1) is 5.92 Å². The van der Waals surface area contributed by atoms with Crippen LogP contribution in [0.2, 0.25) is 0 Å². The van der Waals surface area contributed by atoms with E-state index in [-0.39, 0.29) is 22.8 Å². The number of carbonyl (C=O) groups excluding carboxylic acids is 1. The van der Waals surface area contributed by atoms with Gasteiger partial charge in [0.2, 0.25) is 15.9 Å². The van der Waals surface area contributed by atoms with E-state index >= 15 is 0 Å². The van der Waals surface area contributed by atoms with Crippen molar-refractivity contribution in [3.05, 3.63) is 22.7 Å². The molecule has 6 nitrogen and oxygen atoms in total.